The molecule has 0 aliphatic carbocycles. The molecule has 0 spiro atoms. The predicted molar refractivity (Wildman–Crippen MR) is 46.2 cm³/mol. The number of carbonyl (C=O) groups excluding carboxylic acids is 1. The SMILES string of the molecule is Nc1ccc(OC=C=O)c(N)c1. The first-order valence-electron chi connectivity index (χ1n) is 3.25. The minimum Gasteiger partial charge on any atom is -0.451 e. The van der Waals surface area contributed by atoms with E-state index in [1.165, 1.54) is 5.94 Å². The normalized spacial score (nSPS) is 8.67. The number of benzene rings is 1. The van der Waals surface area contributed by atoms with Gasteiger partial charge in [-0.25, -0.2) is 4.79 Å². The number of rotatable bonds is 2. The van der Waals surface area contributed by atoms with Gasteiger partial charge in [0.2, 0.25) is 0 Å². The predicted octanol–water partition coefficient (Wildman–Crippen LogP) is 0.575. The summed E-state index contributed by atoms with van der Waals surface area (Å²) in [4.78, 5) is 9.79. The molecule has 4 heteroatoms. The lowest BCUT2D eigenvalue weighted by Gasteiger charge is -2.02. The van der Waals surface area contributed by atoms with Crippen LogP contribution in [0.2, 0.25) is 0 Å². The summed E-state index contributed by atoms with van der Waals surface area (Å²) < 4.78 is 4.81. The van der Waals surface area contributed by atoms with E-state index in [0.29, 0.717) is 17.1 Å². The summed E-state index contributed by atoms with van der Waals surface area (Å²) in [6.45, 7) is 0. The minimum atomic E-state index is 0.390. The number of hydrogen-bond acceptors (Lipinski definition) is 4. The van der Waals surface area contributed by atoms with Crippen molar-refractivity contribution < 1.29 is 9.53 Å². The van der Waals surface area contributed by atoms with Crippen molar-refractivity contribution in [2.24, 2.45) is 0 Å². The van der Waals surface area contributed by atoms with E-state index in [9.17, 15) is 4.79 Å². The summed E-state index contributed by atoms with van der Waals surface area (Å²) in [6, 6.07) is 4.76. The largest absolute Gasteiger partial charge is 0.451 e. The van der Waals surface area contributed by atoms with E-state index in [1.807, 2.05) is 0 Å². The van der Waals surface area contributed by atoms with Crippen LogP contribution in [0.25, 0.3) is 0 Å². The molecule has 0 unspecified atom stereocenters. The Morgan fingerprint density at radius 2 is 2.17 bits per heavy atom. The molecular weight excluding hydrogens is 156 g/mol. The van der Waals surface area contributed by atoms with Crippen LogP contribution >= 0.6 is 0 Å². The fraction of sp³-hybridized carbons (Fsp3) is 0. The van der Waals surface area contributed by atoms with Gasteiger partial charge in [-0.3, -0.25) is 0 Å². The molecule has 1 aromatic rings. The van der Waals surface area contributed by atoms with Crippen LogP contribution in [0.1, 0.15) is 0 Å². The van der Waals surface area contributed by atoms with E-state index in [4.69, 9.17) is 16.2 Å². The van der Waals surface area contributed by atoms with Crippen molar-refractivity contribution >= 4 is 17.3 Å². The van der Waals surface area contributed by atoms with Crippen molar-refractivity contribution in [3.8, 4) is 5.75 Å². The molecule has 4 N–H and O–H groups in total. The van der Waals surface area contributed by atoms with Crippen molar-refractivity contribution in [1.29, 1.82) is 0 Å². The molecule has 0 atom stereocenters. The van der Waals surface area contributed by atoms with Gasteiger partial charge in [0, 0.05) is 5.69 Å². The van der Waals surface area contributed by atoms with Crippen molar-refractivity contribution in [2.45, 2.75) is 0 Å². The second-order valence-electron chi connectivity index (χ2n) is 2.15. The van der Waals surface area contributed by atoms with E-state index in [1.54, 1.807) is 18.2 Å². The lowest BCUT2D eigenvalue weighted by molar-refractivity contribution is 0.479. The lowest BCUT2D eigenvalue weighted by atomic mass is 10.2. The fourth-order valence-corrected chi connectivity index (χ4v) is 0.762. The standard InChI is InChI=1S/C8H8N2O2/c9-6-1-2-8(7(10)5-6)12-4-3-11/h1-2,4-5H,9-10H2. The molecule has 0 heterocycles. The van der Waals surface area contributed by atoms with E-state index >= 15 is 0 Å². The van der Waals surface area contributed by atoms with Gasteiger partial charge in [-0.05, 0) is 18.2 Å². The van der Waals surface area contributed by atoms with Crippen molar-refractivity contribution in [3.63, 3.8) is 0 Å². The Morgan fingerprint density at radius 3 is 2.75 bits per heavy atom. The third-order valence-electron chi connectivity index (χ3n) is 1.27. The van der Waals surface area contributed by atoms with Gasteiger partial charge in [0.05, 0.1) is 5.69 Å². The molecule has 0 bridgehead atoms. The highest BCUT2D eigenvalue weighted by Crippen LogP contribution is 2.23. The van der Waals surface area contributed by atoms with Gasteiger partial charge < -0.3 is 16.2 Å². The highest BCUT2D eigenvalue weighted by Gasteiger charge is 1.97. The van der Waals surface area contributed by atoms with Gasteiger partial charge in [0.25, 0.3) is 0 Å². The Hall–Kier alpha value is -1.93. The van der Waals surface area contributed by atoms with Gasteiger partial charge >= 0.3 is 0 Å². The zero-order chi connectivity index (χ0) is 8.97. The quantitative estimate of drug-likeness (QED) is 0.380. The fourth-order valence-electron chi connectivity index (χ4n) is 0.762. The van der Waals surface area contributed by atoms with Gasteiger partial charge in [0.1, 0.15) is 0 Å². The molecule has 0 fully saturated rings. The maximum atomic E-state index is 9.79. The maximum absolute atomic E-state index is 9.79. The van der Waals surface area contributed by atoms with Crippen LogP contribution in [0.4, 0.5) is 11.4 Å². The Balaban J connectivity index is 2.93. The summed E-state index contributed by atoms with van der Waals surface area (Å²) in [6.07, 6.45) is 0.891. The number of anilines is 2. The first-order chi connectivity index (χ1) is 5.74. The summed E-state index contributed by atoms with van der Waals surface area (Å²) >= 11 is 0. The lowest BCUT2D eigenvalue weighted by Crippen LogP contribution is -1.93. The molecule has 12 heavy (non-hydrogen) atoms. The smallest absolute Gasteiger partial charge is 0.174 e. The number of nitrogen functional groups attached to an aromatic ring is 2. The number of nitrogens with two attached hydrogens (primary N) is 2. The van der Waals surface area contributed by atoms with Gasteiger partial charge in [-0.1, -0.05) is 0 Å². The molecule has 1 aromatic carbocycles. The molecule has 1 rings (SSSR count). The van der Waals surface area contributed by atoms with Crippen LogP contribution in [-0.4, -0.2) is 5.94 Å². The Kier molecular flexibility index (Phi) is 2.35. The van der Waals surface area contributed by atoms with Crippen LogP contribution in [-0.2, 0) is 4.79 Å². The van der Waals surface area contributed by atoms with E-state index in [0.717, 1.165) is 6.26 Å². The molecule has 0 amide bonds. The molecule has 0 aliphatic heterocycles. The number of ether oxygens (including phenoxy) is 1. The molecule has 0 aromatic heterocycles. The van der Waals surface area contributed by atoms with Gasteiger partial charge in [-0.15, -0.1) is 0 Å². The van der Waals surface area contributed by atoms with E-state index in [2.05, 4.69) is 0 Å². The average Bonchev–Trinajstić information content (AvgIpc) is 2.03. The molecule has 4 nitrogen and oxygen atoms in total. The Labute approximate surface area is 69.4 Å². The molecular formula is C8H8N2O2. The first kappa shape index (κ1) is 8.17. The highest BCUT2D eigenvalue weighted by molar-refractivity contribution is 5.61. The molecule has 0 saturated carbocycles. The molecule has 0 saturated heterocycles. The topological polar surface area (TPSA) is 78.3 Å². The van der Waals surface area contributed by atoms with Crippen molar-refractivity contribution in [3.05, 3.63) is 24.5 Å². The van der Waals surface area contributed by atoms with Crippen LogP contribution in [0, 0.1) is 0 Å². The summed E-state index contributed by atoms with van der Waals surface area (Å²) in [7, 11) is 0. The first-order valence-corrected chi connectivity index (χ1v) is 3.25. The summed E-state index contributed by atoms with van der Waals surface area (Å²) in [5.41, 5.74) is 11.9. The van der Waals surface area contributed by atoms with E-state index < -0.39 is 0 Å². The zero-order valence-electron chi connectivity index (χ0n) is 6.28. The maximum Gasteiger partial charge on any atom is 0.174 e. The number of hydrogen-bond donors (Lipinski definition) is 2. The van der Waals surface area contributed by atoms with Crippen LogP contribution in [0.3, 0.4) is 0 Å². The Morgan fingerprint density at radius 1 is 1.42 bits per heavy atom. The van der Waals surface area contributed by atoms with Crippen LogP contribution in [0.15, 0.2) is 24.5 Å². The summed E-state index contributed by atoms with van der Waals surface area (Å²) in [5, 5.41) is 0. The third-order valence-corrected chi connectivity index (χ3v) is 1.27. The average molecular weight is 164 g/mol. The molecule has 0 radical (unpaired) electrons. The van der Waals surface area contributed by atoms with Crippen LogP contribution in [0.5, 0.6) is 5.75 Å². The Bertz CT molecular complexity index is 330. The van der Waals surface area contributed by atoms with Crippen molar-refractivity contribution in [1.82, 2.24) is 0 Å². The monoisotopic (exact) mass is 164 g/mol. The second-order valence-corrected chi connectivity index (χ2v) is 2.15. The third kappa shape index (κ3) is 1.78. The summed E-state index contributed by atoms with van der Waals surface area (Å²) in [5.74, 6) is 1.87. The zero-order valence-corrected chi connectivity index (χ0v) is 6.28. The minimum absolute atomic E-state index is 0.390. The van der Waals surface area contributed by atoms with Crippen LogP contribution < -0.4 is 16.2 Å². The second kappa shape index (κ2) is 3.46. The van der Waals surface area contributed by atoms with E-state index in [-0.39, 0.29) is 0 Å². The molecule has 0 aliphatic rings. The highest BCUT2D eigenvalue weighted by atomic mass is 16.5. The molecule has 62 valence electrons. The van der Waals surface area contributed by atoms with Crippen molar-refractivity contribution in [2.75, 3.05) is 11.5 Å². The van der Waals surface area contributed by atoms with Gasteiger partial charge in [-0.2, -0.15) is 0 Å². The van der Waals surface area contributed by atoms with Gasteiger partial charge in [0.15, 0.2) is 18.0 Å².